The number of fused-ring (bicyclic) bond motifs is 2. The van der Waals surface area contributed by atoms with Crippen LogP contribution in [-0.2, 0) is 16.1 Å². The predicted octanol–water partition coefficient (Wildman–Crippen LogP) is 1.75. The van der Waals surface area contributed by atoms with E-state index >= 15 is 0 Å². The van der Waals surface area contributed by atoms with E-state index in [1.807, 2.05) is 6.07 Å². The smallest absolute Gasteiger partial charge is 0.255 e. The van der Waals surface area contributed by atoms with E-state index in [0.29, 0.717) is 29.9 Å². The van der Waals surface area contributed by atoms with Crippen molar-refractivity contribution in [2.45, 2.75) is 44.7 Å². The minimum absolute atomic E-state index is 0. The Morgan fingerprint density at radius 2 is 1.86 bits per heavy atom. The second-order valence-electron chi connectivity index (χ2n) is 7.65. The van der Waals surface area contributed by atoms with E-state index in [4.69, 9.17) is 20.9 Å². The molecule has 2 unspecified atom stereocenters. The molecule has 0 saturated heterocycles. The van der Waals surface area contributed by atoms with E-state index in [9.17, 15) is 9.59 Å². The molecule has 1 aromatic carbocycles. The Hall–Kier alpha value is -1.99. The molecular formula is C20H30ClN3O4. The number of nitrogens with one attached hydrogen (secondary N) is 1. The summed E-state index contributed by atoms with van der Waals surface area (Å²) in [6.07, 6.45) is 5.32. The van der Waals surface area contributed by atoms with Crippen LogP contribution in [-0.4, -0.2) is 31.6 Å². The Morgan fingerprint density at radius 1 is 1.18 bits per heavy atom. The third-order valence-electron chi connectivity index (χ3n) is 5.85. The van der Waals surface area contributed by atoms with Crippen LogP contribution in [0.1, 0.15) is 37.7 Å². The van der Waals surface area contributed by atoms with Gasteiger partial charge in [0.2, 0.25) is 5.91 Å². The average Bonchev–Trinajstić information content (AvgIpc) is 2.64. The third kappa shape index (κ3) is 5.29. The molecule has 2 saturated carbocycles. The number of ether oxygens (including phenoxy) is 2. The molecule has 7 nitrogen and oxygen atoms in total. The van der Waals surface area contributed by atoms with Crippen LogP contribution in [0.3, 0.4) is 0 Å². The maximum absolute atomic E-state index is 12.6. The van der Waals surface area contributed by atoms with E-state index in [0.717, 1.165) is 31.2 Å². The number of hydrogen-bond donors (Lipinski definition) is 3. The van der Waals surface area contributed by atoms with E-state index in [1.165, 1.54) is 13.5 Å². The SMILES string of the molecule is COc1cc(CNC(=O)C2CC3CCCC(C2)C3N)ccc1OCC(N)=O.Cl. The summed E-state index contributed by atoms with van der Waals surface area (Å²) in [4.78, 5) is 23.5. The van der Waals surface area contributed by atoms with Gasteiger partial charge in [-0.25, -0.2) is 0 Å². The van der Waals surface area contributed by atoms with Gasteiger partial charge in [0.1, 0.15) is 0 Å². The van der Waals surface area contributed by atoms with Crippen LogP contribution < -0.4 is 26.3 Å². The highest BCUT2D eigenvalue weighted by molar-refractivity contribution is 5.85. The molecule has 2 aliphatic rings. The second kappa shape index (κ2) is 9.98. The van der Waals surface area contributed by atoms with E-state index in [1.54, 1.807) is 12.1 Å². The molecule has 2 bridgehead atoms. The molecule has 0 aromatic heterocycles. The number of primary amides is 1. The first-order valence-corrected chi connectivity index (χ1v) is 9.59. The first-order valence-electron chi connectivity index (χ1n) is 9.59. The first-order chi connectivity index (χ1) is 13.0. The number of nitrogens with two attached hydrogens (primary N) is 2. The number of halogens is 1. The zero-order valence-corrected chi connectivity index (χ0v) is 17.0. The topological polar surface area (TPSA) is 117 Å². The van der Waals surface area contributed by atoms with Gasteiger partial charge in [-0.05, 0) is 55.2 Å². The van der Waals surface area contributed by atoms with Crippen LogP contribution in [0.15, 0.2) is 18.2 Å². The molecule has 8 heteroatoms. The van der Waals surface area contributed by atoms with Crippen LogP contribution in [0.5, 0.6) is 11.5 Å². The lowest BCUT2D eigenvalue weighted by atomic mass is 9.65. The van der Waals surface area contributed by atoms with Crippen molar-refractivity contribution in [3.8, 4) is 11.5 Å². The van der Waals surface area contributed by atoms with Gasteiger partial charge in [0.25, 0.3) is 5.91 Å². The summed E-state index contributed by atoms with van der Waals surface area (Å²) in [5, 5.41) is 3.04. The lowest BCUT2D eigenvalue weighted by Crippen LogP contribution is -2.49. The van der Waals surface area contributed by atoms with Crippen molar-refractivity contribution < 1.29 is 19.1 Å². The Labute approximate surface area is 171 Å². The molecular weight excluding hydrogens is 382 g/mol. The van der Waals surface area contributed by atoms with Gasteiger partial charge in [-0.2, -0.15) is 0 Å². The maximum atomic E-state index is 12.6. The fourth-order valence-electron chi connectivity index (χ4n) is 4.43. The lowest BCUT2D eigenvalue weighted by Gasteiger charge is -2.43. The molecule has 2 amide bonds. The van der Waals surface area contributed by atoms with Crippen molar-refractivity contribution in [1.82, 2.24) is 5.32 Å². The summed E-state index contributed by atoms with van der Waals surface area (Å²) in [6.45, 7) is 0.210. The molecule has 5 N–H and O–H groups in total. The van der Waals surface area contributed by atoms with Crippen LogP contribution >= 0.6 is 12.4 Å². The highest BCUT2D eigenvalue weighted by Gasteiger charge is 2.40. The van der Waals surface area contributed by atoms with Gasteiger partial charge in [-0.3, -0.25) is 9.59 Å². The minimum atomic E-state index is -0.551. The number of hydrogen-bond acceptors (Lipinski definition) is 5. The normalized spacial score (nSPS) is 25.9. The van der Waals surface area contributed by atoms with Crippen molar-refractivity contribution >= 4 is 24.2 Å². The van der Waals surface area contributed by atoms with Crippen molar-refractivity contribution in [3.63, 3.8) is 0 Å². The van der Waals surface area contributed by atoms with E-state index < -0.39 is 5.91 Å². The summed E-state index contributed by atoms with van der Waals surface area (Å²) in [5.41, 5.74) is 12.3. The third-order valence-corrected chi connectivity index (χ3v) is 5.85. The second-order valence-corrected chi connectivity index (χ2v) is 7.65. The fraction of sp³-hybridized carbons (Fsp3) is 0.600. The van der Waals surface area contributed by atoms with Gasteiger partial charge in [0.15, 0.2) is 18.1 Å². The van der Waals surface area contributed by atoms with E-state index in [2.05, 4.69) is 5.32 Å². The molecule has 0 radical (unpaired) electrons. The fourth-order valence-corrected chi connectivity index (χ4v) is 4.43. The van der Waals surface area contributed by atoms with Crippen LogP contribution in [0.4, 0.5) is 0 Å². The summed E-state index contributed by atoms with van der Waals surface area (Å²) < 4.78 is 10.6. The van der Waals surface area contributed by atoms with Gasteiger partial charge < -0.3 is 26.3 Å². The largest absolute Gasteiger partial charge is 0.493 e. The van der Waals surface area contributed by atoms with Gasteiger partial charge in [-0.1, -0.05) is 12.5 Å². The van der Waals surface area contributed by atoms with Crippen molar-refractivity contribution in [2.75, 3.05) is 13.7 Å². The van der Waals surface area contributed by atoms with Gasteiger partial charge in [0, 0.05) is 18.5 Å². The highest BCUT2D eigenvalue weighted by atomic mass is 35.5. The maximum Gasteiger partial charge on any atom is 0.255 e. The summed E-state index contributed by atoms with van der Waals surface area (Å²) >= 11 is 0. The van der Waals surface area contributed by atoms with E-state index in [-0.39, 0.29) is 36.9 Å². The Morgan fingerprint density at radius 3 is 2.46 bits per heavy atom. The highest BCUT2D eigenvalue weighted by Crippen LogP contribution is 2.41. The molecule has 1 aromatic rings. The van der Waals surface area contributed by atoms with Gasteiger partial charge in [-0.15, -0.1) is 12.4 Å². The Balaban J connectivity index is 0.00000280. The molecule has 28 heavy (non-hydrogen) atoms. The number of methoxy groups -OCH3 is 1. The van der Waals surface area contributed by atoms with Crippen LogP contribution in [0.25, 0.3) is 0 Å². The zero-order chi connectivity index (χ0) is 19.4. The Kier molecular flexibility index (Phi) is 7.95. The Bertz CT molecular complexity index is 686. The predicted molar refractivity (Wildman–Crippen MR) is 108 cm³/mol. The average molecular weight is 412 g/mol. The lowest BCUT2D eigenvalue weighted by molar-refractivity contribution is -0.128. The molecule has 0 aliphatic heterocycles. The van der Waals surface area contributed by atoms with Crippen LogP contribution in [0.2, 0.25) is 0 Å². The van der Waals surface area contributed by atoms with Crippen molar-refractivity contribution in [1.29, 1.82) is 0 Å². The first kappa shape index (κ1) is 22.3. The molecule has 0 heterocycles. The number of carbonyl (C=O) groups is 2. The molecule has 0 spiro atoms. The van der Waals surface area contributed by atoms with Gasteiger partial charge in [0.05, 0.1) is 7.11 Å². The molecule has 2 aliphatic carbocycles. The number of amides is 2. The summed E-state index contributed by atoms with van der Waals surface area (Å²) in [5.74, 6) is 1.52. The van der Waals surface area contributed by atoms with Gasteiger partial charge >= 0.3 is 0 Å². The van der Waals surface area contributed by atoms with Crippen molar-refractivity contribution in [3.05, 3.63) is 23.8 Å². The van der Waals surface area contributed by atoms with Crippen LogP contribution in [0, 0.1) is 17.8 Å². The quantitative estimate of drug-likeness (QED) is 0.631. The minimum Gasteiger partial charge on any atom is -0.493 e. The molecule has 156 valence electrons. The number of benzene rings is 1. The summed E-state index contributed by atoms with van der Waals surface area (Å²) in [6, 6.07) is 5.61. The molecule has 3 rings (SSSR count). The number of carbonyl (C=O) groups excluding carboxylic acids is 2. The monoisotopic (exact) mass is 411 g/mol. The zero-order valence-electron chi connectivity index (χ0n) is 16.2. The molecule has 2 fully saturated rings. The van der Waals surface area contributed by atoms with Crippen molar-refractivity contribution in [2.24, 2.45) is 29.2 Å². The summed E-state index contributed by atoms with van der Waals surface area (Å²) in [7, 11) is 1.53. The number of rotatable bonds is 7. The standard InChI is InChI=1S/C20H29N3O4.ClH/c1-26-17-7-12(5-6-16(17)27-11-18(21)24)10-23-20(25)15-8-13-3-2-4-14(9-15)19(13)22;/h5-7,13-15,19H,2-4,8-11,22H2,1H3,(H2,21,24)(H,23,25);1H. The molecule has 2 atom stereocenters.